The first-order valence-corrected chi connectivity index (χ1v) is 9.13. The molecule has 0 atom stereocenters. The molecule has 2 aromatic rings. The molecule has 1 aliphatic heterocycles. The van der Waals surface area contributed by atoms with Crippen LogP contribution in [-0.2, 0) is 6.18 Å². The Hall–Kier alpha value is -1.31. The zero-order valence-electron chi connectivity index (χ0n) is 13.5. The Balaban J connectivity index is 1.68. The molecule has 1 fully saturated rings. The fraction of sp³-hybridized carbons (Fsp3) is 0.529. The van der Waals surface area contributed by atoms with Crippen LogP contribution in [0.3, 0.4) is 0 Å². The summed E-state index contributed by atoms with van der Waals surface area (Å²) < 4.78 is 39.2. The molecular weight excluding hydrogens is 335 g/mol. The zero-order valence-corrected chi connectivity index (χ0v) is 14.3. The first kappa shape index (κ1) is 17.5. The maximum Gasteiger partial charge on any atom is 0.416 e. The standard InChI is InChI=1S/C17H22F3N3S/c18-17(19,20)13-3-4-14-15(12-24-16(14)11-13)23-9-7-22(8-10-23)6-2-1-5-21/h3-4,11-12H,1-2,5-10,21H2. The fourth-order valence-corrected chi connectivity index (χ4v) is 4.14. The quantitative estimate of drug-likeness (QED) is 0.827. The van der Waals surface area contributed by atoms with E-state index in [0.29, 0.717) is 4.70 Å². The molecule has 2 heterocycles. The van der Waals surface area contributed by atoms with Crippen molar-refractivity contribution in [2.75, 3.05) is 44.2 Å². The van der Waals surface area contributed by atoms with Crippen molar-refractivity contribution in [2.45, 2.75) is 19.0 Å². The molecule has 1 aromatic heterocycles. The number of alkyl halides is 3. The summed E-state index contributed by atoms with van der Waals surface area (Å²) in [5.74, 6) is 0. The Morgan fingerprint density at radius 3 is 2.50 bits per heavy atom. The molecule has 24 heavy (non-hydrogen) atoms. The Kier molecular flexibility index (Phi) is 5.32. The van der Waals surface area contributed by atoms with E-state index < -0.39 is 11.7 Å². The van der Waals surface area contributed by atoms with Gasteiger partial charge in [0, 0.05) is 41.6 Å². The summed E-state index contributed by atoms with van der Waals surface area (Å²) in [7, 11) is 0. The molecule has 0 unspecified atom stereocenters. The van der Waals surface area contributed by atoms with E-state index in [4.69, 9.17) is 5.73 Å². The molecule has 0 saturated carbocycles. The Morgan fingerprint density at radius 1 is 1.08 bits per heavy atom. The van der Waals surface area contributed by atoms with Crippen molar-refractivity contribution < 1.29 is 13.2 Å². The summed E-state index contributed by atoms with van der Waals surface area (Å²) in [6.45, 7) is 5.61. The minimum Gasteiger partial charge on any atom is -0.368 e. The summed E-state index contributed by atoms with van der Waals surface area (Å²) >= 11 is 1.39. The van der Waals surface area contributed by atoms with Crippen molar-refractivity contribution in [3.63, 3.8) is 0 Å². The van der Waals surface area contributed by atoms with Gasteiger partial charge in [-0.05, 0) is 38.1 Å². The molecular formula is C17H22F3N3S. The number of hydrogen-bond donors (Lipinski definition) is 1. The second-order valence-electron chi connectivity index (χ2n) is 6.15. The molecule has 0 spiro atoms. The lowest BCUT2D eigenvalue weighted by Gasteiger charge is -2.35. The number of hydrogen-bond acceptors (Lipinski definition) is 4. The summed E-state index contributed by atoms with van der Waals surface area (Å²) in [5.41, 5.74) is 6.01. The number of benzene rings is 1. The molecule has 0 radical (unpaired) electrons. The van der Waals surface area contributed by atoms with Crippen LogP contribution in [0.4, 0.5) is 18.9 Å². The summed E-state index contributed by atoms with van der Waals surface area (Å²) in [5, 5.41) is 2.90. The Morgan fingerprint density at radius 2 is 1.83 bits per heavy atom. The molecule has 3 rings (SSSR count). The van der Waals surface area contributed by atoms with Gasteiger partial charge in [-0.25, -0.2) is 0 Å². The number of unbranched alkanes of at least 4 members (excludes halogenated alkanes) is 1. The monoisotopic (exact) mass is 357 g/mol. The number of thiophene rings is 1. The topological polar surface area (TPSA) is 32.5 Å². The summed E-state index contributed by atoms with van der Waals surface area (Å²) in [4.78, 5) is 4.72. The minimum atomic E-state index is -4.28. The predicted molar refractivity (Wildman–Crippen MR) is 93.8 cm³/mol. The number of anilines is 1. The van der Waals surface area contributed by atoms with Crippen LogP contribution in [0.5, 0.6) is 0 Å². The van der Waals surface area contributed by atoms with E-state index in [1.807, 2.05) is 5.38 Å². The van der Waals surface area contributed by atoms with Gasteiger partial charge in [0.15, 0.2) is 0 Å². The van der Waals surface area contributed by atoms with Crippen LogP contribution in [0, 0.1) is 0 Å². The van der Waals surface area contributed by atoms with Gasteiger partial charge >= 0.3 is 6.18 Å². The maximum absolute atomic E-state index is 12.8. The number of fused-ring (bicyclic) bond motifs is 1. The number of rotatable bonds is 5. The number of piperazine rings is 1. The SMILES string of the molecule is NCCCCN1CCN(c2csc3cc(C(F)(F)F)ccc23)CC1. The Labute approximate surface area is 143 Å². The van der Waals surface area contributed by atoms with Gasteiger partial charge in [0.05, 0.1) is 11.3 Å². The van der Waals surface area contributed by atoms with Gasteiger partial charge in [0.2, 0.25) is 0 Å². The van der Waals surface area contributed by atoms with E-state index in [2.05, 4.69) is 9.80 Å². The van der Waals surface area contributed by atoms with Crippen molar-refractivity contribution in [2.24, 2.45) is 5.73 Å². The Bertz CT molecular complexity index is 675. The van der Waals surface area contributed by atoms with Crippen LogP contribution in [0.15, 0.2) is 23.6 Å². The highest BCUT2D eigenvalue weighted by Gasteiger charge is 2.31. The van der Waals surface area contributed by atoms with Crippen LogP contribution in [0.2, 0.25) is 0 Å². The largest absolute Gasteiger partial charge is 0.416 e. The zero-order chi connectivity index (χ0) is 17.2. The van der Waals surface area contributed by atoms with E-state index in [9.17, 15) is 13.2 Å². The van der Waals surface area contributed by atoms with Gasteiger partial charge in [-0.1, -0.05) is 6.07 Å². The third kappa shape index (κ3) is 3.84. The van der Waals surface area contributed by atoms with Gasteiger partial charge in [-0.3, -0.25) is 4.90 Å². The van der Waals surface area contributed by atoms with E-state index in [-0.39, 0.29) is 0 Å². The molecule has 132 valence electrons. The lowest BCUT2D eigenvalue weighted by atomic mass is 10.1. The van der Waals surface area contributed by atoms with E-state index in [1.165, 1.54) is 23.5 Å². The molecule has 1 aliphatic rings. The number of nitrogens with two attached hydrogens (primary N) is 1. The van der Waals surface area contributed by atoms with Crippen LogP contribution in [0.1, 0.15) is 18.4 Å². The van der Waals surface area contributed by atoms with Crippen molar-refractivity contribution in [1.29, 1.82) is 0 Å². The van der Waals surface area contributed by atoms with E-state index in [1.54, 1.807) is 6.07 Å². The molecule has 2 N–H and O–H groups in total. The third-order valence-electron chi connectivity index (χ3n) is 4.52. The van der Waals surface area contributed by atoms with Gasteiger partial charge in [0.25, 0.3) is 0 Å². The van der Waals surface area contributed by atoms with Crippen LogP contribution in [0.25, 0.3) is 10.1 Å². The number of nitrogens with zero attached hydrogens (tertiary/aromatic N) is 2. The molecule has 1 aromatic carbocycles. The van der Waals surface area contributed by atoms with Gasteiger partial charge in [-0.15, -0.1) is 11.3 Å². The predicted octanol–water partition coefficient (Wildman–Crippen LogP) is 3.78. The van der Waals surface area contributed by atoms with Gasteiger partial charge in [-0.2, -0.15) is 13.2 Å². The van der Waals surface area contributed by atoms with Crippen LogP contribution >= 0.6 is 11.3 Å². The molecule has 0 bridgehead atoms. The van der Waals surface area contributed by atoms with Crippen molar-refractivity contribution in [1.82, 2.24) is 4.90 Å². The highest BCUT2D eigenvalue weighted by atomic mass is 32.1. The molecule has 3 nitrogen and oxygen atoms in total. The van der Waals surface area contributed by atoms with E-state index in [0.717, 1.165) is 63.2 Å². The summed E-state index contributed by atoms with van der Waals surface area (Å²) in [6.07, 6.45) is -2.11. The second-order valence-corrected chi connectivity index (χ2v) is 7.07. The van der Waals surface area contributed by atoms with Gasteiger partial charge < -0.3 is 10.6 Å². The normalized spacial score (nSPS) is 16.9. The summed E-state index contributed by atoms with van der Waals surface area (Å²) in [6, 6.07) is 4.05. The average molecular weight is 357 g/mol. The average Bonchev–Trinajstić information content (AvgIpc) is 2.98. The molecule has 0 amide bonds. The van der Waals surface area contributed by atoms with Crippen molar-refractivity contribution in [3.05, 3.63) is 29.1 Å². The maximum atomic E-state index is 12.8. The molecule has 7 heteroatoms. The molecule has 0 aliphatic carbocycles. The molecule has 1 saturated heterocycles. The van der Waals surface area contributed by atoms with Gasteiger partial charge in [0.1, 0.15) is 0 Å². The van der Waals surface area contributed by atoms with Crippen molar-refractivity contribution >= 4 is 27.1 Å². The van der Waals surface area contributed by atoms with Crippen LogP contribution < -0.4 is 10.6 Å². The first-order chi connectivity index (χ1) is 11.5. The number of halogens is 3. The third-order valence-corrected chi connectivity index (χ3v) is 5.46. The highest BCUT2D eigenvalue weighted by Crippen LogP contribution is 2.38. The minimum absolute atomic E-state index is 0.576. The fourth-order valence-electron chi connectivity index (χ4n) is 3.13. The van der Waals surface area contributed by atoms with Crippen molar-refractivity contribution in [3.8, 4) is 0 Å². The first-order valence-electron chi connectivity index (χ1n) is 8.25. The lowest BCUT2D eigenvalue weighted by Crippen LogP contribution is -2.46. The smallest absolute Gasteiger partial charge is 0.368 e. The van der Waals surface area contributed by atoms with E-state index >= 15 is 0 Å². The second kappa shape index (κ2) is 7.29. The highest BCUT2D eigenvalue weighted by molar-refractivity contribution is 7.17. The lowest BCUT2D eigenvalue weighted by molar-refractivity contribution is -0.137. The van der Waals surface area contributed by atoms with Crippen LogP contribution in [-0.4, -0.2) is 44.2 Å².